The van der Waals surface area contributed by atoms with Gasteiger partial charge < -0.3 is 0 Å². The Labute approximate surface area is 60.5 Å². The quantitative estimate of drug-likeness (QED) is 0.439. The Bertz CT molecular complexity index is 119. The van der Waals surface area contributed by atoms with Gasteiger partial charge in [-0.15, -0.1) is 20.3 Å². The van der Waals surface area contributed by atoms with Crippen LogP contribution >= 0.6 is 0 Å². The maximum absolute atomic E-state index is 2.46. The largest absolute Gasteiger partial charge is 0.115 e. The van der Waals surface area contributed by atoms with Gasteiger partial charge in [-0.05, 0) is 0 Å². The van der Waals surface area contributed by atoms with Gasteiger partial charge in [-0.25, -0.2) is 0 Å². The van der Waals surface area contributed by atoms with Gasteiger partial charge in [0.2, 0.25) is 0 Å². The van der Waals surface area contributed by atoms with E-state index in [4.69, 9.17) is 0 Å². The van der Waals surface area contributed by atoms with Gasteiger partial charge in [0, 0.05) is 0 Å². The molecule has 0 aliphatic carbocycles. The lowest BCUT2D eigenvalue weighted by Gasteiger charge is -2.18. The fraction of sp³-hybridized carbons (Fsp3) is 1.00. The van der Waals surface area contributed by atoms with Gasteiger partial charge in [0.25, 0.3) is 0 Å². The molecule has 4 nitrogen and oxygen atoms in total. The van der Waals surface area contributed by atoms with Gasteiger partial charge >= 0.3 is 0 Å². The number of quaternary nitrogens is 1. The van der Waals surface area contributed by atoms with Crippen LogP contribution in [0.25, 0.3) is 0 Å². The van der Waals surface area contributed by atoms with Crippen LogP contribution in [-0.2, 0) is 0 Å². The summed E-state index contributed by atoms with van der Waals surface area (Å²) in [6.45, 7) is 7.76. The van der Waals surface area contributed by atoms with Crippen molar-refractivity contribution in [1.29, 1.82) is 0 Å². The molecule has 3 saturated heterocycles. The standard InChI is InChI=1S/C6H12N4/c1-2-7(1)10(8-3-4-8)9-5-6-9/h1-6H2/p+1. The summed E-state index contributed by atoms with van der Waals surface area (Å²) < 4.78 is 0. The van der Waals surface area contributed by atoms with Crippen molar-refractivity contribution < 1.29 is 5.23 Å². The summed E-state index contributed by atoms with van der Waals surface area (Å²) in [6, 6.07) is 0. The summed E-state index contributed by atoms with van der Waals surface area (Å²) in [5.41, 5.74) is 0. The SMILES string of the molecule is C1CN1[NH+](N1CC1)N1CC1. The van der Waals surface area contributed by atoms with Crippen LogP contribution in [0.2, 0.25) is 0 Å². The van der Waals surface area contributed by atoms with Gasteiger partial charge in [-0.1, -0.05) is 0 Å². The van der Waals surface area contributed by atoms with Crippen molar-refractivity contribution in [2.75, 3.05) is 39.3 Å². The zero-order valence-electron chi connectivity index (χ0n) is 6.08. The zero-order valence-corrected chi connectivity index (χ0v) is 6.08. The van der Waals surface area contributed by atoms with Crippen molar-refractivity contribution in [1.82, 2.24) is 15.0 Å². The van der Waals surface area contributed by atoms with Crippen LogP contribution in [0.5, 0.6) is 0 Å². The second-order valence-corrected chi connectivity index (χ2v) is 3.26. The summed E-state index contributed by atoms with van der Waals surface area (Å²) in [5, 5.41) is 8.90. The van der Waals surface area contributed by atoms with E-state index >= 15 is 0 Å². The molecular formula is C6H13N4+. The Morgan fingerprint density at radius 3 is 1.10 bits per heavy atom. The van der Waals surface area contributed by atoms with Crippen molar-refractivity contribution in [3.05, 3.63) is 0 Å². The molecule has 0 bridgehead atoms. The fourth-order valence-electron chi connectivity index (χ4n) is 1.35. The van der Waals surface area contributed by atoms with Gasteiger partial charge in [0.15, 0.2) is 0 Å². The average Bonchev–Trinajstić information content (AvgIpc) is 2.78. The minimum atomic E-state index is 1.29. The molecule has 3 aliphatic heterocycles. The molecule has 1 N–H and O–H groups in total. The Kier molecular flexibility index (Phi) is 0.936. The summed E-state index contributed by atoms with van der Waals surface area (Å²) in [5.74, 6) is 0. The van der Waals surface area contributed by atoms with Gasteiger partial charge in [0.1, 0.15) is 0 Å². The molecule has 0 radical (unpaired) electrons. The molecule has 3 rings (SSSR count). The van der Waals surface area contributed by atoms with E-state index in [1.165, 1.54) is 44.5 Å². The maximum atomic E-state index is 2.46. The van der Waals surface area contributed by atoms with E-state index < -0.39 is 0 Å². The molecule has 3 fully saturated rings. The smallest absolute Gasteiger partial charge is 0.0697 e. The predicted molar refractivity (Wildman–Crippen MR) is 35.7 cm³/mol. The van der Waals surface area contributed by atoms with Crippen LogP contribution in [-0.4, -0.2) is 54.3 Å². The lowest BCUT2D eigenvalue weighted by atomic mass is 11.0. The number of nitrogens with one attached hydrogen (secondary N) is 1. The minimum Gasteiger partial charge on any atom is -0.115 e. The molecule has 4 heteroatoms. The first-order valence-corrected chi connectivity index (χ1v) is 4.07. The first-order chi connectivity index (χ1) is 4.95. The second-order valence-electron chi connectivity index (χ2n) is 3.26. The highest BCUT2D eigenvalue weighted by Crippen LogP contribution is 2.05. The van der Waals surface area contributed by atoms with Gasteiger partial charge in [-0.3, -0.25) is 0 Å². The fourth-order valence-corrected chi connectivity index (χ4v) is 1.35. The van der Waals surface area contributed by atoms with Crippen LogP contribution < -0.4 is 5.23 Å². The minimum absolute atomic E-state index is 1.29. The number of hydrogen-bond donors (Lipinski definition) is 1. The van der Waals surface area contributed by atoms with E-state index in [9.17, 15) is 0 Å². The van der Waals surface area contributed by atoms with Crippen LogP contribution in [0.15, 0.2) is 0 Å². The van der Waals surface area contributed by atoms with Crippen molar-refractivity contribution in [2.45, 2.75) is 0 Å². The highest BCUT2D eigenvalue weighted by atomic mass is 16.1. The molecular weight excluding hydrogens is 128 g/mol. The molecule has 0 aromatic rings. The van der Waals surface area contributed by atoms with E-state index in [1.807, 2.05) is 0 Å². The maximum Gasteiger partial charge on any atom is 0.0697 e. The third-order valence-electron chi connectivity index (χ3n) is 2.19. The van der Waals surface area contributed by atoms with Crippen LogP contribution in [0.4, 0.5) is 0 Å². The molecule has 3 aliphatic rings. The zero-order chi connectivity index (χ0) is 6.55. The molecule has 0 aromatic heterocycles. The molecule has 0 atom stereocenters. The third-order valence-corrected chi connectivity index (χ3v) is 2.19. The highest BCUT2D eigenvalue weighted by molar-refractivity contribution is 4.67. The first kappa shape index (κ1) is 5.49. The van der Waals surface area contributed by atoms with Crippen LogP contribution in [0, 0.1) is 0 Å². The molecule has 0 aromatic carbocycles. The summed E-state index contributed by atoms with van der Waals surface area (Å²) in [7, 11) is 0. The molecule has 0 spiro atoms. The number of nitrogens with zero attached hydrogens (tertiary/aromatic N) is 3. The predicted octanol–water partition coefficient (Wildman–Crippen LogP) is -2.44. The van der Waals surface area contributed by atoms with Crippen molar-refractivity contribution >= 4 is 0 Å². The third kappa shape index (κ3) is 0.845. The van der Waals surface area contributed by atoms with Crippen molar-refractivity contribution in [2.24, 2.45) is 0 Å². The Morgan fingerprint density at radius 1 is 0.600 bits per heavy atom. The van der Waals surface area contributed by atoms with E-state index in [-0.39, 0.29) is 0 Å². The molecule has 3 heterocycles. The van der Waals surface area contributed by atoms with Gasteiger partial charge in [-0.2, -0.15) is 0 Å². The van der Waals surface area contributed by atoms with Gasteiger partial charge in [0.05, 0.1) is 39.3 Å². The lowest BCUT2D eigenvalue weighted by Crippen LogP contribution is -3.21. The van der Waals surface area contributed by atoms with Crippen molar-refractivity contribution in [3.8, 4) is 0 Å². The Balaban J connectivity index is 1.69. The van der Waals surface area contributed by atoms with E-state index in [1.54, 1.807) is 0 Å². The topological polar surface area (TPSA) is 13.5 Å². The molecule has 0 unspecified atom stereocenters. The summed E-state index contributed by atoms with van der Waals surface area (Å²) >= 11 is 0. The van der Waals surface area contributed by atoms with E-state index in [2.05, 4.69) is 15.0 Å². The summed E-state index contributed by atoms with van der Waals surface area (Å²) in [6.07, 6.45) is 0. The molecule has 0 saturated carbocycles. The number of hydrogen-bond acceptors (Lipinski definition) is 3. The highest BCUT2D eigenvalue weighted by Gasteiger charge is 2.48. The van der Waals surface area contributed by atoms with Crippen molar-refractivity contribution in [3.63, 3.8) is 0 Å². The Hall–Kier alpha value is -0.160. The monoisotopic (exact) mass is 141 g/mol. The first-order valence-electron chi connectivity index (χ1n) is 4.07. The second kappa shape index (κ2) is 1.71. The molecule has 10 heavy (non-hydrogen) atoms. The Morgan fingerprint density at radius 2 is 0.900 bits per heavy atom. The molecule has 56 valence electrons. The normalized spacial score (nSPS) is 33.3. The lowest BCUT2D eigenvalue weighted by molar-refractivity contribution is -1.16. The number of rotatable bonds is 3. The average molecular weight is 141 g/mol. The van der Waals surface area contributed by atoms with Crippen LogP contribution in [0.1, 0.15) is 0 Å². The summed E-state index contributed by atoms with van der Waals surface area (Å²) in [4.78, 5) is 0. The van der Waals surface area contributed by atoms with E-state index in [0.717, 1.165) is 0 Å². The van der Waals surface area contributed by atoms with Crippen LogP contribution in [0.3, 0.4) is 0 Å². The van der Waals surface area contributed by atoms with E-state index in [0.29, 0.717) is 0 Å². The molecule has 0 amide bonds.